The summed E-state index contributed by atoms with van der Waals surface area (Å²) in [5.74, 6) is 5.72. The van der Waals surface area contributed by atoms with E-state index in [1.165, 1.54) is 18.2 Å². The van der Waals surface area contributed by atoms with Gasteiger partial charge in [-0.3, -0.25) is 0 Å². The van der Waals surface area contributed by atoms with Gasteiger partial charge >= 0.3 is 6.09 Å². The van der Waals surface area contributed by atoms with Crippen molar-refractivity contribution in [2.24, 2.45) is 5.84 Å². The molecule has 0 heterocycles. The van der Waals surface area contributed by atoms with Crippen LogP contribution in [0.25, 0.3) is 0 Å². The second-order valence-corrected chi connectivity index (χ2v) is 4.96. The van der Waals surface area contributed by atoms with Gasteiger partial charge in [0.25, 0.3) is 0 Å². The van der Waals surface area contributed by atoms with Gasteiger partial charge in [0.15, 0.2) is 0 Å². The van der Waals surface area contributed by atoms with E-state index < -0.39 is 6.09 Å². The minimum atomic E-state index is -0.545. The van der Waals surface area contributed by atoms with Crippen molar-refractivity contribution in [2.75, 3.05) is 7.11 Å². The number of hydrazine groups is 1. The van der Waals surface area contributed by atoms with Crippen molar-refractivity contribution in [1.82, 2.24) is 5.01 Å². The van der Waals surface area contributed by atoms with Crippen molar-refractivity contribution in [1.29, 1.82) is 0 Å². The maximum Gasteiger partial charge on any atom is 0.424 e. The number of methoxy groups -OCH3 is 1. The molecule has 0 bridgehead atoms. The Kier molecular flexibility index (Phi) is 4.95. The number of nitrogens with zero attached hydrogens (tertiary/aromatic N) is 1. The molecule has 1 atom stereocenters. The Morgan fingerprint density at radius 1 is 1.10 bits per heavy atom. The molecule has 1 unspecified atom stereocenters. The highest BCUT2D eigenvalue weighted by Gasteiger charge is 2.18. The molecule has 0 saturated heterocycles. The monoisotopic (exact) mass is 284 g/mol. The van der Waals surface area contributed by atoms with Crippen molar-refractivity contribution in [3.05, 3.63) is 71.3 Å². The average molecular weight is 284 g/mol. The third-order valence-electron chi connectivity index (χ3n) is 3.52. The third-order valence-corrected chi connectivity index (χ3v) is 3.52. The molecule has 2 aromatic rings. The summed E-state index contributed by atoms with van der Waals surface area (Å²) in [4.78, 5) is 11.4. The van der Waals surface area contributed by atoms with Crippen molar-refractivity contribution in [2.45, 2.75) is 19.4 Å². The number of benzene rings is 2. The fourth-order valence-corrected chi connectivity index (χ4v) is 2.17. The smallest absolute Gasteiger partial charge is 0.424 e. The molecule has 0 fully saturated rings. The van der Waals surface area contributed by atoms with Gasteiger partial charge in [0, 0.05) is 0 Å². The van der Waals surface area contributed by atoms with E-state index in [2.05, 4.69) is 29.0 Å². The Morgan fingerprint density at radius 2 is 1.67 bits per heavy atom. The van der Waals surface area contributed by atoms with Crippen LogP contribution in [0.1, 0.15) is 29.7 Å². The van der Waals surface area contributed by atoms with Gasteiger partial charge in [-0.25, -0.2) is 15.6 Å². The molecule has 2 rings (SSSR count). The van der Waals surface area contributed by atoms with Crippen LogP contribution in [-0.4, -0.2) is 18.2 Å². The first-order valence-electron chi connectivity index (χ1n) is 6.86. The van der Waals surface area contributed by atoms with E-state index in [1.54, 1.807) is 0 Å². The van der Waals surface area contributed by atoms with E-state index in [0.29, 0.717) is 0 Å². The summed E-state index contributed by atoms with van der Waals surface area (Å²) in [5.41, 5.74) is 3.46. The van der Waals surface area contributed by atoms with Crippen LogP contribution >= 0.6 is 0 Å². The second kappa shape index (κ2) is 6.90. The molecule has 0 aliphatic rings. The number of hydrogen-bond acceptors (Lipinski definition) is 3. The summed E-state index contributed by atoms with van der Waals surface area (Å²) in [7, 11) is 1.32. The Morgan fingerprint density at radius 3 is 2.24 bits per heavy atom. The number of carbonyl (C=O) groups is 1. The molecule has 0 saturated carbocycles. The summed E-state index contributed by atoms with van der Waals surface area (Å²) < 4.78 is 4.62. The zero-order chi connectivity index (χ0) is 15.2. The number of nitrogens with two attached hydrogens (primary N) is 1. The zero-order valence-electron chi connectivity index (χ0n) is 12.3. The van der Waals surface area contributed by atoms with Gasteiger partial charge in [0.1, 0.15) is 0 Å². The molecule has 0 radical (unpaired) electrons. The number of carbonyl (C=O) groups excluding carboxylic acids is 1. The summed E-state index contributed by atoms with van der Waals surface area (Å²) in [6.45, 7) is 1.86. The van der Waals surface area contributed by atoms with Crippen LogP contribution in [0, 0.1) is 0 Å². The Balaban J connectivity index is 2.06. The topological polar surface area (TPSA) is 55.6 Å². The number of ether oxygens (including phenoxy) is 1. The van der Waals surface area contributed by atoms with Crippen LogP contribution in [0.15, 0.2) is 54.6 Å². The Hall–Kier alpha value is -2.33. The second-order valence-electron chi connectivity index (χ2n) is 4.96. The molecule has 1 amide bonds. The van der Waals surface area contributed by atoms with E-state index in [9.17, 15) is 4.79 Å². The Labute approximate surface area is 125 Å². The lowest BCUT2D eigenvalue weighted by Gasteiger charge is -2.23. The molecule has 4 nitrogen and oxygen atoms in total. The largest absolute Gasteiger partial charge is 0.452 e. The number of hydrogen-bond donors (Lipinski definition) is 1. The summed E-state index contributed by atoms with van der Waals surface area (Å²) in [5, 5.41) is 1.09. The van der Waals surface area contributed by atoms with Crippen LogP contribution in [0.3, 0.4) is 0 Å². The fourth-order valence-electron chi connectivity index (χ4n) is 2.17. The highest BCUT2D eigenvalue weighted by molar-refractivity contribution is 5.67. The van der Waals surface area contributed by atoms with Gasteiger partial charge in [0.2, 0.25) is 0 Å². The van der Waals surface area contributed by atoms with E-state index in [0.717, 1.165) is 17.0 Å². The number of amides is 1. The van der Waals surface area contributed by atoms with E-state index in [1.807, 2.05) is 37.3 Å². The predicted octanol–water partition coefficient (Wildman–Crippen LogP) is 3.28. The lowest BCUT2D eigenvalue weighted by molar-refractivity contribution is 0.108. The van der Waals surface area contributed by atoms with Crippen molar-refractivity contribution in [3.8, 4) is 0 Å². The highest BCUT2D eigenvalue weighted by atomic mass is 16.5. The van der Waals surface area contributed by atoms with E-state index >= 15 is 0 Å². The van der Waals surface area contributed by atoms with Crippen molar-refractivity contribution >= 4 is 6.09 Å². The van der Waals surface area contributed by atoms with Crippen molar-refractivity contribution in [3.63, 3.8) is 0 Å². The molecule has 2 aromatic carbocycles. The molecular weight excluding hydrogens is 264 g/mol. The minimum absolute atomic E-state index is 0.233. The molecule has 110 valence electrons. The normalized spacial score (nSPS) is 11.8. The van der Waals surface area contributed by atoms with Gasteiger partial charge in [-0.15, -0.1) is 0 Å². The molecular formula is C17H20N2O2. The summed E-state index contributed by atoms with van der Waals surface area (Å²) >= 11 is 0. The van der Waals surface area contributed by atoms with Crippen LogP contribution in [0.2, 0.25) is 0 Å². The minimum Gasteiger partial charge on any atom is -0.452 e. The average Bonchev–Trinajstić information content (AvgIpc) is 2.54. The highest BCUT2D eigenvalue weighted by Crippen LogP contribution is 2.19. The Bertz CT molecular complexity index is 581. The summed E-state index contributed by atoms with van der Waals surface area (Å²) in [6, 6.07) is 18.2. The first-order chi connectivity index (χ1) is 10.1. The quantitative estimate of drug-likeness (QED) is 0.532. The van der Waals surface area contributed by atoms with Gasteiger partial charge < -0.3 is 4.74 Å². The lowest BCUT2D eigenvalue weighted by atomic mass is 10.0. The van der Waals surface area contributed by atoms with Gasteiger partial charge in [-0.2, -0.15) is 0 Å². The van der Waals surface area contributed by atoms with Crippen LogP contribution in [-0.2, 0) is 11.2 Å². The molecule has 0 aromatic heterocycles. The van der Waals surface area contributed by atoms with E-state index in [-0.39, 0.29) is 6.04 Å². The standard InChI is InChI=1S/C17H20N2O2/c1-13(19(18)17(20)21-2)16-10-8-15(9-11-16)12-14-6-4-3-5-7-14/h3-11,13H,12,18H2,1-2H3. The van der Waals surface area contributed by atoms with Gasteiger partial charge in [-0.1, -0.05) is 54.6 Å². The van der Waals surface area contributed by atoms with Crippen LogP contribution in [0.4, 0.5) is 4.79 Å². The van der Waals surface area contributed by atoms with Crippen molar-refractivity contribution < 1.29 is 9.53 Å². The molecule has 0 aliphatic carbocycles. The van der Waals surface area contributed by atoms with E-state index in [4.69, 9.17) is 5.84 Å². The SMILES string of the molecule is COC(=O)N(N)C(C)c1ccc(Cc2ccccc2)cc1. The summed E-state index contributed by atoms with van der Waals surface area (Å²) in [6.07, 6.45) is 0.342. The first-order valence-corrected chi connectivity index (χ1v) is 6.86. The van der Waals surface area contributed by atoms with Gasteiger partial charge in [0.05, 0.1) is 13.2 Å². The maximum atomic E-state index is 11.4. The third kappa shape index (κ3) is 3.83. The molecule has 0 aliphatic heterocycles. The molecule has 2 N–H and O–H groups in total. The lowest BCUT2D eigenvalue weighted by Crippen LogP contribution is -2.39. The number of rotatable bonds is 4. The van der Waals surface area contributed by atoms with Gasteiger partial charge in [-0.05, 0) is 30.0 Å². The maximum absolute atomic E-state index is 11.4. The molecule has 4 heteroatoms. The van der Waals surface area contributed by atoms with Crippen LogP contribution < -0.4 is 5.84 Å². The molecule has 21 heavy (non-hydrogen) atoms. The fraction of sp³-hybridized carbons (Fsp3) is 0.235. The molecule has 0 spiro atoms. The predicted molar refractivity (Wildman–Crippen MR) is 82.5 cm³/mol. The zero-order valence-corrected chi connectivity index (χ0v) is 12.3. The first kappa shape index (κ1) is 15.1. The van der Waals surface area contributed by atoms with Crippen LogP contribution in [0.5, 0.6) is 0 Å².